The first-order chi connectivity index (χ1) is 11.1. The highest BCUT2D eigenvalue weighted by Crippen LogP contribution is 2.20. The van der Waals surface area contributed by atoms with E-state index in [0.717, 1.165) is 31.8 Å². The molecule has 1 amide bonds. The third-order valence-electron chi connectivity index (χ3n) is 4.07. The molecule has 2 heterocycles. The zero-order chi connectivity index (χ0) is 16.2. The highest BCUT2D eigenvalue weighted by atomic mass is 35.5. The number of carbonyl (C=O) groups excluding carboxylic acids is 1. The Morgan fingerprint density at radius 2 is 1.78 bits per heavy atom. The molecule has 0 saturated carbocycles. The lowest BCUT2D eigenvalue weighted by atomic mass is 10.00. The second-order valence-electron chi connectivity index (χ2n) is 5.90. The third kappa shape index (κ3) is 3.99. The van der Waals surface area contributed by atoms with E-state index in [1.54, 1.807) is 36.7 Å². The molecule has 1 N–H and O–H groups in total. The van der Waals surface area contributed by atoms with Gasteiger partial charge in [0.05, 0.1) is 5.56 Å². The van der Waals surface area contributed by atoms with Crippen LogP contribution in [0.2, 0.25) is 5.02 Å². The van der Waals surface area contributed by atoms with Crippen LogP contribution in [-0.2, 0) is 0 Å². The fourth-order valence-electron chi connectivity index (χ4n) is 2.55. The number of carbonyl (C=O) groups is 1. The Morgan fingerprint density at radius 3 is 2.39 bits per heavy atom. The monoisotopic (exact) mass is 330 g/mol. The molecule has 23 heavy (non-hydrogen) atoms. The maximum atomic E-state index is 12.2. The normalized spacial score (nSPS) is 15.5. The van der Waals surface area contributed by atoms with Crippen LogP contribution in [0.15, 0.2) is 36.7 Å². The summed E-state index contributed by atoms with van der Waals surface area (Å²) in [6.45, 7) is 4.21. The SMILES string of the molecule is CC1CCN(c2ncc(C(=O)Nc3ccc(Cl)cc3)cn2)CC1. The van der Waals surface area contributed by atoms with Crippen molar-refractivity contribution in [2.24, 2.45) is 5.92 Å². The van der Waals surface area contributed by atoms with Crippen molar-refractivity contribution >= 4 is 29.1 Å². The van der Waals surface area contributed by atoms with E-state index in [1.165, 1.54) is 0 Å². The van der Waals surface area contributed by atoms with Gasteiger partial charge in [-0.2, -0.15) is 0 Å². The van der Waals surface area contributed by atoms with Gasteiger partial charge >= 0.3 is 0 Å². The Bertz CT molecular complexity index is 664. The Hall–Kier alpha value is -2.14. The number of nitrogens with one attached hydrogen (secondary N) is 1. The summed E-state index contributed by atoms with van der Waals surface area (Å²) in [6, 6.07) is 6.97. The number of aromatic nitrogens is 2. The molecule has 2 aromatic rings. The van der Waals surface area contributed by atoms with Gasteiger partial charge in [0.15, 0.2) is 0 Å². The summed E-state index contributed by atoms with van der Waals surface area (Å²) < 4.78 is 0. The molecule has 0 radical (unpaired) electrons. The van der Waals surface area contributed by atoms with Gasteiger partial charge in [0.1, 0.15) is 0 Å². The van der Waals surface area contributed by atoms with Crippen molar-refractivity contribution in [3.8, 4) is 0 Å². The average Bonchev–Trinajstić information content (AvgIpc) is 2.58. The van der Waals surface area contributed by atoms with Crippen LogP contribution in [0.5, 0.6) is 0 Å². The van der Waals surface area contributed by atoms with Crippen LogP contribution in [0.3, 0.4) is 0 Å². The van der Waals surface area contributed by atoms with Gasteiger partial charge in [-0.15, -0.1) is 0 Å². The van der Waals surface area contributed by atoms with Gasteiger partial charge in [-0.05, 0) is 43.0 Å². The first kappa shape index (κ1) is 15.7. The zero-order valence-corrected chi connectivity index (χ0v) is 13.8. The number of nitrogens with zero attached hydrogens (tertiary/aromatic N) is 3. The summed E-state index contributed by atoms with van der Waals surface area (Å²) in [4.78, 5) is 23.0. The Labute approximate surface area is 140 Å². The van der Waals surface area contributed by atoms with Crippen molar-refractivity contribution < 1.29 is 4.79 Å². The predicted octanol–water partition coefficient (Wildman–Crippen LogP) is 3.62. The number of hydrogen-bond donors (Lipinski definition) is 1. The third-order valence-corrected chi connectivity index (χ3v) is 4.32. The van der Waals surface area contributed by atoms with Gasteiger partial charge in [0.25, 0.3) is 5.91 Å². The van der Waals surface area contributed by atoms with Crippen LogP contribution >= 0.6 is 11.6 Å². The second kappa shape index (κ2) is 6.96. The lowest BCUT2D eigenvalue weighted by molar-refractivity contribution is 0.102. The molecule has 0 atom stereocenters. The minimum Gasteiger partial charge on any atom is -0.341 e. The first-order valence-electron chi connectivity index (χ1n) is 7.76. The molecule has 3 rings (SSSR count). The molecule has 6 heteroatoms. The largest absolute Gasteiger partial charge is 0.341 e. The standard InChI is InChI=1S/C17H19ClN4O/c1-12-6-8-22(9-7-12)17-19-10-13(11-20-17)16(23)21-15-4-2-14(18)3-5-15/h2-5,10-12H,6-9H2,1H3,(H,21,23). The van der Waals surface area contributed by atoms with Crippen molar-refractivity contribution in [1.29, 1.82) is 0 Å². The average molecular weight is 331 g/mol. The predicted molar refractivity (Wildman–Crippen MR) is 92.0 cm³/mol. The molecule has 1 aliphatic heterocycles. The smallest absolute Gasteiger partial charge is 0.258 e. The number of hydrogen-bond acceptors (Lipinski definition) is 4. The quantitative estimate of drug-likeness (QED) is 0.933. The van der Waals surface area contributed by atoms with Crippen LogP contribution in [-0.4, -0.2) is 29.0 Å². The first-order valence-corrected chi connectivity index (χ1v) is 8.13. The van der Waals surface area contributed by atoms with Crippen LogP contribution in [0.1, 0.15) is 30.1 Å². The molecular weight excluding hydrogens is 312 g/mol. The molecule has 5 nitrogen and oxygen atoms in total. The van der Waals surface area contributed by atoms with Gasteiger partial charge in [-0.3, -0.25) is 4.79 Å². The summed E-state index contributed by atoms with van der Waals surface area (Å²) in [5.41, 5.74) is 1.13. The van der Waals surface area contributed by atoms with E-state index in [4.69, 9.17) is 11.6 Å². The Morgan fingerprint density at radius 1 is 1.17 bits per heavy atom. The molecule has 0 unspecified atom stereocenters. The fourth-order valence-corrected chi connectivity index (χ4v) is 2.67. The highest BCUT2D eigenvalue weighted by Gasteiger charge is 2.18. The summed E-state index contributed by atoms with van der Waals surface area (Å²) in [5.74, 6) is 1.22. The van der Waals surface area contributed by atoms with Crippen LogP contribution < -0.4 is 10.2 Å². The van der Waals surface area contributed by atoms with E-state index in [0.29, 0.717) is 22.2 Å². The van der Waals surface area contributed by atoms with Crippen LogP contribution in [0, 0.1) is 5.92 Å². The molecule has 1 fully saturated rings. The molecule has 0 bridgehead atoms. The number of rotatable bonds is 3. The van der Waals surface area contributed by atoms with Gasteiger partial charge < -0.3 is 10.2 Å². The van der Waals surface area contributed by atoms with E-state index < -0.39 is 0 Å². The van der Waals surface area contributed by atoms with E-state index in [-0.39, 0.29) is 5.91 Å². The minimum atomic E-state index is -0.230. The van der Waals surface area contributed by atoms with Crippen molar-refractivity contribution in [1.82, 2.24) is 9.97 Å². The minimum absolute atomic E-state index is 0.230. The van der Waals surface area contributed by atoms with E-state index in [2.05, 4.69) is 27.1 Å². The summed E-state index contributed by atoms with van der Waals surface area (Å²) in [5, 5.41) is 3.43. The van der Waals surface area contributed by atoms with Gasteiger partial charge in [-0.1, -0.05) is 18.5 Å². The Balaban J connectivity index is 1.64. The van der Waals surface area contributed by atoms with Gasteiger partial charge in [-0.25, -0.2) is 9.97 Å². The van der Waals surface area contributed by atoms with Crippen molar-refractivity contribution in [2.75, 3.05) is 23.3 Å². The molecule has 120 valence electrons. The Kier molecular flexibility index (Phi) is 4.76. The van der Waals surface area contributed by atoms with Crippen LogP contribution in [0.4, 0.5) is 11.6 Å². The fraction of sp³-hybridized carbons (Fsp3) is 0.353. The lowest BCUT2D eigenvalue weighted by Crippen LogP contribution is -2.34. The lowest BCUT2D eigenvalue weighted by Gasteiger charge is -2.30. The van der Waals surface area contributed by atoms with Gasteiger partial charge in [0.2, 0.25) is 5.95 Å². The maximum absolute atomic E-state index is 12.2. The van der Waals surface area contributed by atoms with Crippen molar-refractivity contribution in [3.63, 3.8) is 0 Å². The number of benzene rings is 1. The molecule has 1 aromatic carbocycles. The molecule has 0 aliphatic carbocycles. The summed E-state index contributed by atoms with van der Waals surface area (Å²) in [6.07, 6.45) is 5.46. The molecule has 0 spiro atoms. The molecule has 1 saturated heterocycles. The van der Waals surface area contributed by atoms with E-state index in [1.807, 2.05) is 0 Å². The van der Waals surface area contributed by atoms with Crippen molar-refractivity contribution in [2.45, 2.75) is 19.8 Å². The number of amides is 1. The van der Waals surface area contributed by atoms with Gasteiger partial charge in [0, 0.05) is 36.2 Å². The summed E-state index contributed by atoms with van der Waals surface area (Å²) >= 11 is 5.83. The molecular formula is C17H19ClN4O. The number of anilines is 2. The number of halogens is 1. The topological polar surface area (TPSA) is 58.1 Å². The highest BCUT2D eigenvalue weighted by molar-refractivity contribution is 6.30. The summed E-state index contributed by atoms with van der Waals surface area (Å²) in [7, 11) is 0. The van der Waals surface area contributed by atoms with E-state index in [9.17, 15) is 4.79 Å². The molecule has 1 aliphatic rings. The van der Waals surface area contributed by atoms with Crippen molar-refractivity contribution in [3.05, 3.63) is 47.2 Å². The zero-order valence-electron chi connectivity index (χ0n) is 13.0. The maximum Gasteiger partial charge on any atom is 0.258 e. The second-order valence-corrected chi connectivity index (χ2v) is 6.34. The number of piperidine rings is 1. The molecule has 1 aromatic heterocycles. The van der Waals surface area contributed by atoms with Crippen LogP contribution in [0.25, 0.3) is 0 Å². The van der Waals surface area contributed by atoms with E-state index >= 15 is 0 Å².